The molecule has 0 atom stereocenters. The van der Waals surface area contributed by atoms with E-state index in [1.807, 2.05) is 18.2 Å². The van der Waals surface area contributed by atoms with Crippen LogP contribution < -0.4 is 10.9 Å². The lowest BCUT2D eigenvalue weighted by Gasteiger charge is -2.14. The molecule has 1 aliphatic rings. The van der Waals surface area contributed by atoms with E-state index in [0.29, 0.717) is 24.2 Å². The molecule has 4 rings (SSSR count). The molecule has 0 saturated heterocycles. The molecule has 0 fully saturated rings. The van der Waals surface area contributed by atoms with E-state index in [1.54, 1.807) is 22.1 Å². The molecule has 1 aliphatic carbocycles. The molecule has 0 bridgehead atoms. The van der Waals surface area contributed by atoms with E-state index in [0.717, 1.165) is 41.6 Å². The SMILES string of the molecule is CC(C)CCn1c(SCC(=O)NCc2ccccn2)nc2sc3c(c2c1=O)CCCC3. The first-order valence-corrected chi connectivity index (χ1v) is 12.7. The van der Waals surface area contributed by atoms with Gasteiger partial charge < -0.3 is 5.32 Å². The van der Waals surface area contributed by atoms with Crippen LogP contribution in [0.3, 0.4) is 0 Å². The molecule has 3 aromatic heterocycles. The Hall–Kier alpha value is -2.19. The molecular formula is C23H28N4O2S2. The minimum atomic E-state index is -0.0918. The number of carbonyl (C=O) groups is 1. The van der Waals surface area contributed by atoms with E-state index in [4.69, 9.17) is 4.98 Å². The molecule has 0 aromatic carbocycles. The standard InChI is InChI=1S/C23H28N4O2S2/c1-15(2)10-12-27-22(29)20-17-8-3-4-9-18(17)31-21(20)26-23(27)30-14-19(28)25-13-16-7-5-6-11-24-16/h5-7,11,15H,3-4,8-10,12-14H2,1-2H3,(H,25,28). The van der Waals surface area contributed by atoms with Crippen molar-refractivity contribution in [3.05, 3.63) is 50.9 Å². The van der Waals surface area contributed by atoms with Gasteiger partial charge in [0.15, 0.2) is 5.16 Å². The Balaban J connectivity index is 1.55. The van der Waals surface area contributed by atoms with Crippen molar-refractivity contribution in [1.82, 2.24) is 19.9 Å². The first kappa shape index (κ1) is 22.0. The number of pyridine rings is 1. The fourth-order valence-electron chi connectivity index (χ4n) is 3.79. The van der Waals surface area contributed by atoms with Crippen LogP contribution in [0.15, 0.2) is 34.3 Å². The molecule has 3 aromatic rings. The summed E-state index contributed by atoms with van der Waals surface area (Å²) < 4.78 is 1.79. The molecule has 0 aliphatic heterocycles. The average Bonchev–Trinajstić information content (AvgIpc) is 3.15. The maximum absolute atomic E-state index is 13.5. The maximum Gasteiger partial charge on any atom is 0.263 e. The number of hydrogen-bond acceptors (Lipinski definition) is 6. The quantitative estimate of drug-likeness (QED) is 0.406. The summed E-state index contributed by atoms with van der Waals surface area (Å²) in [4.78, 5) is 37.1. The topological polar surface area (TPSA) is 76.9 Å². The fourth-order valence-corrected chi connectivity index (χ4v) is 5.95. The highest BCUT2D eigenvalue weighted by Gasteiger charge is 2.22. The van der Waals surface area contributed by atoms with Crippen LogP contribution in [0.25, 0.3) is 10.2 Å². The predicted octanol–water partition coefficient (Wildman–Crippen LogP) is 4.19. The van der Waals surface area contributed by atoms with Gasteiger partial charge >= 0.3 is 0 Å². The number of carbonyl (C=O) groups excluding carboxylic acids is 1. The average molecular weight is 457 g/mol. The van der Waals surface area contributed by atoms with Crippen LogP contribution in [-0.2, 0) is 30.7 Å². The molecule has 8 heteroatoms. The van der Waals surface area contributed by atoms with Gasteiger partial charge in [0.2, 0.25) is 5.91 Å². The lowest BCUT2D eigenvalue weighted by Crippen LogP contribution is -2.27. The van der Waals surface area contributed by atoms with Crippen molar-refractivity contribution >= 4 is 39.2 Å². The van der Waals surface area contributed by atoms with Gasteiger partial charge in [-0.1, -0.05) is 31.7 Å². The zero-order valence-corrected chi connectivity index (χ0v) is 19.7. The van der Waals surface area contributed by atoms with Gasteiger partial charge in [0.1, 0.15) is 4.83 Å². The van der Waals surface area contributed by atoms with Crippen molar-refractivity contribution in [3.63, 3.8) is 0 Å². The number of hydrogen-bond donors (Lipinski definition) is 1. The molecule has 0 spiro atoms. The molecule has 0 radical (unpaired) electrons. The first-order valence-electron chi connectivity index (χ1n) is 10.9. The maximum atomic E-state index is 13.5. The van der Waals surface area contributed by atoms with Crippen LogP contribution in [0.1, 0.15) is 49.2 Å². The number of aryl methyl sites for hydroxylation is 2. The summed E-state index contributed by atoms with van der Waals surface area (Å²) in [6.45, 7) is 5.33. The third-order valence-electron chi connectivity index (χ3n) is 5.50. The van der Waals surface area contributed by atoms with Crippen molar-refractivity contribution in [3.8, 4) is 0 Å². The Kier molecular flexibility index (Phi) is 7.07. The number of rotatable bonds is 8. The number of thiophene rings is 1. The van der Waals surface area contributed by atoms with E-state index in [-0.39, 0.29) is 17.2 Å². The second-order valence-electron chi connectivity index (χ2n) is 8.31. The van der Waals surface area contributed by atoms with Crippen molar-refractivity contribution in [2.75, 3.05) is 5.75 Å². The van der Waals surface area contributed by atoms with Crippen molar-refractivity contribution < 1.29 is 4.79 Å². The number of fused-ring (bicyclic) bond motifs is 3. The van der Waals surface area contributed by atoms with Gasteiger partial charge in [0.05, 0.1) is 23.4 Å². The van der Waals surface area contributed by atoms with Crippen LogP contribution in [0.4, 0.5) is 0 Å². The zero-order valence-electron chi connectivity index (χ0n) is 18.0. The summed E-state index contributed by atoms with van der Waals surface area (Å²) in [5.74, 6) is 0.613. The van der Waals surface area contributed by atoms with Gasteiger partial charge in [-0.3, -0.25) is 19.1 Å². The third-order valence-corrected chi connectivity index (χ3v) is 7.66. The Labute approximate surface area is 190 Å². The van der Waals surface area contributed by atoms with Crippen LogP contribution in [0.2, 0.25) is 0 Å². The summed E-state index contributed by atoms with van der Waals surface area (Å²) in [6, 6.07) is 5.63. The van der Waals surface area contributed by atoms with Gasteiger partial charge in [-0.05, 0) is 55.7 Å². The summed E-state index contributed by atoms with van der Waals surface area (Å²) in [7, 11) is 0. The smallest absolute Gasteiger partial charge is 0.263 e. The molecule has 6 nitrogen and oxygen atoms in total. The first-order chi connectivity index (χ1) is 15.0. The van der Waals surface area contributed by atoms with Gasteiger partial charge in [-0.15, -0.1) is 11.3 Å². The van der Waals surface area contributed by atoms with E-state index < -0.39 is 0 Å². The van der Waals surface area contributed by atoms with E-state index in [1.165, 1.54) is 28.6 Å². The highest BCUT2D eigenvalue weighted by Crippen LogP contribution is 2.34. The minimum Gasteiger partial charge on any atom is -0.350 e. The number of nitrogens with zero attached hydrogens (tertiary/aromatic N) is 3. The van der Waals surface area contributed by atoms with Crippen LogP contribution >= 0.6 is 23.1 Å². The van der Waals surface area contributed by atoms with Crippen LogP contribution in [0.5, 0.6) is 0 Å². The molecule has 1 amide bonds. The highest BCUT2D eigenvalue weighted by molar-refractivity contribution is 7.99. The Morgan fingerprint density at radius 2 is 2.13 bits per heavy atom. The number of thioether (sulfide) groups is 1. The summed E-state index contributed by atoms with van der Waals surface area (Å²) in [6.07, 6.45) is 6.94. The fraction of sp³-hybridized carbons (Fsp3) is 0.478. The monoisotopic (exact) mass is 456 g/mol. The lowest BCUT2D eigenvalue weighted by atomic mass is 9.97. The zero-order chi connectivity index (χ0) is 21.8. The van der Waals surface area contributed by atoms with E-state index >= 15 is 0 Å². The number of aromatic nitrogens is 3. The predicted molar refractivity (Wildman–Crippen MR) is 127 cm³/mol. The summed E-state index contributed by atoms with van der Waals surface area (Å²) in [5.41, 5.74) is 2.09. The minimum absolute atomic E-state index is 0.0569. The Morgan fingerprint density at radius 3 is 2.90 bits per heavy atom. The van der Waals surface area contributed by atoms with E-state index in [9.17, 15) is 9.59 Å². The largest absolute Gasteiger partial charge is 0.350 e. The van der Waals surface area contributed by atoms with Gasteiger partial charge in [0, 0.05) is 17.6 Å². The van der Waals surface area contributed by atoms with Crippen LogP contribution in [0, 0.1) is 5.92 Å². The van der Waals surface area contributed by atoms with Gasteiger partial charge in [-0.25, -0.2) is 4.98 Å². The number of amides is 1. The lowest BCUT2D eigenvalue weighted by molar-refractivity contribution is -0.118. The molecule has 3 heterocycles. The van der Waals surface area contributed by atoms with Crippen molar-refractivity contribution in [2.24, 2.45) is 5.92 Å². The molecular weight excluding hydrogens is 428 g/mol. The molecule has 164 valence electrons. The van der Waals surface area contributed by atoms with Crippen LogP contribution in [-0.4, -0.2) is 26.2 Å². The highest BCUT2D eigenvalue weighted by atomic mass is 32.2. The second kappa shape index (κ2) is 9.96. The van der Waals surface area contributed by atoms with E-state index in [2.05, 4.69) is 24.1 Å². The molecule has 31 heavy (non-hydrogen) atoms. The Morgan fingerprint density at radius 1 is 1.29 bits per heavy atom. The van der Waals surface area contributed by atoms with Crippen molar-refractivity contribution in [1.29, 1.82) is 0 Å². The van der Waals surface area contributed by atoms with Gasteiger partial charge in [-0.2, -0.15) is 0 Å². The number of nitrogens with one attached hydrogen (secondary N) is 1. The second-order valence-corrected chi connectivity index (χ2v) is 10.3. The molecule has 0 unspecified atom stereocenters. The summed E-state index contributed by atoms with van der Waals surface area (Å²) in [5, 5.41) is 4.35. The molecule has 0 saturated carbocycles. The van der Waals surface area contributed by atoms with Crippen molar-refractivity contribution in [2.45, 2.75) is 64.2 Å². The molecule has 1 N–H and O–H groups in total. The normalized spacial score (nSPS) is 13.5. The summed E-state index contributed by atoms with van der Waals surface area (Å²) >= 11 is 3.00. The Bertz CT molecular complexity index is 1120. The van der Waals surface area contributed by atoms with Gasteiger partial charge in [0.25, 0.3) is 5.56 Å². The third kappa shape index (κ3) is 5.18.